The highest BCUT2D eigenvalue weighted by Gasteiger charge is 2.39. The molecule has 3 aromatic rings. The Kier molecular flexibility index (Phi) is 6.61. The highest BCUT2D eigenvalue weighted by molar-refractivity contribution is 6.30. The van der Waals surface area contributed by atoms with E-state index in [1.807, 2.05) is 0 Å². The number of aromatic nitrogens is 4. The third-order valence-electron chi connectivity index (χ3n) is 4.08. The Morgan fingerprint density at radius 1 is 1.19 bits per heavy atom. The Balaban J connectivity index is 2.02. The Labute approximate surface area is 182 Å². The first kappa shape index (κ1) is 23.0. The smallest absolute Gasteiger partial charge is 0.437 e. The molecule has 13 heteroatoms. The second-order valence-electron chi connectivity index (χ2n) is 6.44. The number of hydrogen-bond acceptors (Lipinski definition) is 7. The number of aromatic amines is 2. The van der Waals surface area contributed by atoms with Crippen LogP contribution in [0.4, 0.5) is 13.2 Å². The molecule has 0 atom stereocenters. The van der Waals surface area contributed by atoms with Crippen molar-refractivity contribution < 1.29 is 23.0 Å². The van der Waals surface area contributed by atoms with Gasteiger partial charge in [-0.3, -0.25) is 9.59 Å². The minimum atomic E-state index is -5.05. The zero-order valence-electron chi connectivity index (χ0n) is 16.0. The van der Waals surface area contributed by atoms with Crippen LogP contribution in [0.25, 0.3) is 0 Å². The molecule has 0 fully saturated rings. The molecule has 0 bridgehead atoms. The number of hydrogen-bond donors (Lipinski definition) is 3. The van der Waals surface area contributed by atoms with Gasteiger partial charge in [0.15, 0.2) is 5.69 Å². The molecule has 0 aliphatic carbocycles. The molecule has 0 amide bonds. The van der Waals surface area contributed by atoms with Gasteiger partial charge in [0.1, 0.15) is 11.6 Å². The van der Waals surface area contributed by atoms with Crippen molar-refractivity contribution in [2.24, 2.45) is 0 Å². The summed E-state index contributed by atoms with van der Waals surface area (Å²) in [5.41, 5.74) is -3.06. The van der Waals surface area contributed by atoms with Crippen LogP contribution in [-0.4, -0.2) is 31.9 Å². The molecule has 2 aromatic heterocycles. The highest BCUT2D eigenvalue weighted by atomic mass is 35.5. The van der Waals surface area contributed by atoms with E-state index in [1.165, 1.54) is 12.1 Å². The van der Waals surface area contributed by atoms with Gasteiger partial charge < -0.3 is 14.8 Å². The third-order valence-corrected chi connectivity index (χ3v) is 4.30. The zero-order valence-corrected chi connectivity index (χ0v) is 16.7. The minimum Gasteiger partial charge on any atom is -0.449 e. The summed E-state index contributed by atoms with van der Waals surface area (Å²) in [5, 5.41) is 23.9. The fraction of sp³-hybridized carbons (Fsp3) is 0.211. The predicted molar refractivity (Wildman–Crippen MR) is 105 cm³/mol. The molecule has 3 N–H and O–H groups in total. The van der Waals surface area contributed by atoms with Crippen LogP contribution in [0, 0.1) is 11.3 Å². The number of alkyl halides is 3. The summed E-state index contributed by atoms with van der Waals surface area (Å²) in [7, 11) is 0. The van der Waals surface area contributed by atoms with E-state index in [0.29, 0.717) is 0 Å². The van der Waals surface area contributed by atoms with Gasteiger partial charge in [-0.15, -0.1) is 0 Å². The van der Waals surface area contributed by atoms with Crippen molar-refractivity contribution in [1.82, 2.24) is 20.2 Å². The highest BCUT2D eigenvalue weighted by Crippen LogP contribution is 2.35. The minimum absolute atomic E-state index is 0.0136. The maximum Gasteiger partial charge on any atom is 0.437 e. The number of H-pyrrole nitrogens is 2. The van der Waals surface area contributed by atoms with Crippen LogP contribution in [-0.2, 0) is 19.0 Å². The summed E-state index contributed by atoms with van der Waals surface area (Å²) in [5.74, 6) is -1.76. The number of rotatable bonds is 6. The molecule has 0 saturated carbocycles. The van der Waals surface area contributed by atoms with Crippen LogP contribution in [0.2, 0.25) is 5.02 Å². The van der Waals surface area contributed by atoms with E-state index in [0.717, 1.165) is 12.1 Å². The molecule has 0 aliphatic heterocycles. The topological polar surface area (TPSA) is 145 Å². The Hall–Kier alpha value is -3.69. The molecule has 9 nitrogen and oxygen atoms in total. The summed E-state index contributed by atoms with van der Waals surface area (Å²) in [6, 6.07) is 6.59. The van der Waals surface area contributed by atoms with Crippen LogP contribution in [0.5, 0.6) is 11.5 Å². The van der Waals surface area contributed by atoms with Gasteiger partial charge in [-0.1, -0.05) is 11.6 Å². The SMILES string of the molecule is N#Cc1cc(Cl)cc(Oc2c(C(F)(F)F)nc(Cc3cc(CCO)c(=O)[nH]n3)[nH]c2=O)c1. The van der Waals surface area contributed by atoms with E-state index in [9.17, 15) is 22.8 Å². The number of nitrogens with one attached hydrogen (secondary N) is 2. The van der Waals surface area contributed by atoms with Crippen LogP contribution in [0.1, 0.15) is 28.3 Å². The lowest BCUT2D eigenvalue weighted by Crippen LogP contribution is -2.23. The third kappa shape index (κ3) is 5.32. The van der Waals surface area contributed by atoms with Crippen LogP contribution < -0.4 is 15.9 Å². The van der Waals surface area contributed by atoms with Gasteiger partial charge in [-0.25, -0.2) is 10.1 Å². The van der Waals surface area contributed by atoms with Gasteiger partial charge in [0, 0.05) is 30.0 Å². The summed E-state index contributed by atoms with van der Waals surface area (Å²) in [6.07, 6.45) is -5.38. The molecule has 0 aliphatic rings. The fourth-order valence-electron chi connectivity index (χ4n) is 2.75. The van der Waals surface area contributed by atoms with Crippen molar-refractivity contribution in [3.05, 3.63) is 78.3 Å². The van der Waals surface area contributed by atoms with E-state index in [-0.39, 0.29) is 52.9 Å². The maximum atomic E-state index is 13.6. The summed E-state index contributed by atoms with van der Waals surface area (Å²) < 4.78 is 46.0. The van der Waals surface area contributed by atoms with Crippen LogP contribution in [0.15, 0.2) is 33.9 Å². The van der Waals surface area contributed by atoms with Crippen LogP contribution >= 0.6 is 11.6 Å². The van der Waals surface area contributed by atoms with Crippen molar-refractivity contribution in [2.75, 3.05) is 6.61 Å². The van der Waals surface area contributed by atoms with E-state index in [2.05, 4.69) is 20.2 Å². The van der Waals surface area contributed by atoms with Crippen molar-refractivity contribution in [3.8, 4) is 17.6 Å². The molecule has 0 saturated heterocycles. The average Bonchev–Trinajstić information content (AvgIpc) is 2.71. The lowest BCUT2D eigenvalue weighted by molar-refractivity contribution is -0.142. The first-order valence-corrected chi connectivity index (χ1v) is 9.25. The van der Waals surface area contributed by atoms with E-state index in [1.54, 1.807) is 6.07 Å². The Morgan fingerprint density at radius 2 is 1.94 bits per heavy atom. The van der Waals surface area contributed by atoms with Crippen LogP contribution in [0.3, 0.4) is 0 Å². The molecule has 2 heterocycles. The Morgan fingerprint density at radius 3 is 2.59 bits per heavy atom. The molecule has 0 unspecified atom stereocenters. The normalized spacial score (nSPS) is 11.2. The van der Waals surface area contributed by atoms with E-state index >= 15 is 0 Å². The largest absolute Gasteiger partial charge is 0.449 e. The molecule has 32 heavy (non-hydrogen) atoms. The second kappa shape index (κ2) is 9.21. The predicted octanol–water partition coefficient (Wildman–Crippen LogP) is 2.31. The number of nitrogens with zero attached hydrogens (tertiary/aromatic N) is 3. The number of benzene rings is 1. The number of nitriles is 1. The number of ether oxygens (including phenoxy) is 1. The molecule has 0 radical (unpaired) electrons. The van der Waals surface area contributed by atoms with E-state index in [4.69, 9.17) is 26.7 Å². The second-order valence-corrected chi connectivity index (χ2v) is 6.88. The molecule has 0 spiro atoms. The molecular weight excluding hydrogens is 455 g/mol. The lowest BCUT2D eigenvalue weighted by atomic mass is 10.1. The lowest BCUT2D eigenvalue weighted by Gasteiger charge is -2.14. The van der Waals surface area contributed by atoms with Gasteiger partial charge in [-0.2, -0.15) is 23.5 Å². The number of aliphatic hydroxyl groups is 1. The first-order valence-electron chi connectivity index (χ1n) is 8.88. The fourth-order valence-corrected chi connectivity index (χ4v) is 2.97. The van der Waals surface area contributed by atoms with E-state index < -0.39 is 28.7 Å². The summed E-state index contributed by atoms with van der Waals surface area (Å²) >= 11 is 5.82. The van der Waals surface area contributed by atoms with Crippen molar-refractivity contribution >= 4 is 11.6 Å². The number of halogens is 4. The average molecular weight is 468 g/mol. The van der Waals surface area contributed by atoms with Gasteiger partial charge >= 0.3 is 6.18 Å². The van der Waals surface area contributed by atoms with Gasteiger partial charge in [0.05, 0.1) is 17.3 Å². The van der Waals surface area contributed by atoms with Gasteiger partial charge in [0.25, 0.3) is 11.1 Å². The molecule has 166 valence electrons. The van der Waals surface area contributed by atoms with Gasteiger partial charge in [0.2, 0.25) is 5.75 Å². The Bertz CT molecular complexity index is 1310. The summed E-state index contributed by atoms with van der Waals surface area (Å²) in [4.78, 5) is 29.7. The molecule has 1 aromatic carbocycles. The first-order chi connectivity index (χ1) is 15.1. The summed E-state index contributed by atoms with van der Waals surface area (Å²) in [6.45, 7) is -0.317. The quantitative estimate of drug-likeness (QED) is 0.504. The van der Waals surface area contributed by atoms with Crippen molar-refractivity contribution in [3.63, 3.8) is 0 Å². The molecular formula is C19H13ClF3N5O4. The standard InChI is InChI=1S/C19H13ClF3N5O4/c20-11-3-9(8-24)4-13(6-11)32-15-16(19(21,22)23)25-14(26-18(15)31)7-12-5-10(1-2-29)17(30)28-27-12/h3-6,29H,1-2,7H2,(H,28,30)(H,25,26,31). The zero-order chi connectivity index (χ0) is 23.5. The maximum absolute atomic E-state index is 13.6. The van der Waals surface area contributed by atoms with Crippen molar-refractivity contribution in [1.29, 1.82) is 5.26 Å². The monoisotopic (exact) mass is 467 g/mol. The van der Waals surface area contributed by atoms with Crippen molar-refractivity contribution in [2.45, 2.75) is 19.0 Å². The van der Waals surface area contributed by atoms with Gasteiger partial charge in [-0.05, 0) is 24.3 Å². The molecule has 3 rings (SSSR count). The number of aliphatic hydroxyl groups excluding tert-OH is 1.